The maximum absolute atomic E-state index is 13.0. The van der Waals surface area contributed by atoms with Crippen LogP contribution in [-0.4, -0.2) is 46.9 Å². The first-order valence-corrected chi connectivity index (χ1v) is 10.7. The molecule has 0 bridgehead atoms. The van der Waals surface area contributed by atoms with Crippen molar-refractivity contribution in [3.05, 3.63) is 93.9 Å². The maximum Gasteiger partial charge on any atom is 0.269 e. The third kappa shape index (κ3) is 5.89. The van der Waals surface area contributed by atoms with Crippen molar-refractivity contribution in [2.45, 2.75) is 13.0 Å². The summed E-state index contributed by atoms with van der Waals surface area (Å²) in [6.07, 6.45) is 2.56. The van der Waals surface area contributed by atoms with Crippen LogP contribution in [0.1, 0.15) is 22.3 Å². The molecule has 0 aliphatic carbocycles. The highest BCUT2D eigenvalue weighted by molar-refractivity contribution is 6.04. The molecule has 4 rings (SSSR count). The minimum atomic E-state index is -0.390. The number of nitrogens with zero attached hydrogens (tertiary/aromatic N) is 4. The number of carbonyl (C=O) groups excluding carboxylic acids is 1. The summed E-state index contributed by atoms with van der Waals surface area (Å²) in [7, 11) is 0. The van der Waals surface area contributed by atoms with Gasteiger partial charge in [0.05, 0.1) is 16.8 Å². The van der Waals surface area contributed by atoms with E-state index in [-0.39, 0.29) is 16.5 Å². The molecule has 1 aliphatic rings. The number of nitro benzene ring substituents is 1. The molecule has 9 heteroatoms. The van der Waals surface area contributed by atoms with Crippen LogP contribution < -0.4 is 10.2 Å². The number of hydrogen-bond acceptors (Lipinski definition) is 6. The van der Waals surface area contributed by atoms with E-state index in [0.29, 0.717) is 17.8 Å². The molecule has 1 fully saturated rings. The highest BCUT2D eigenvalue weighted by Gasteiger charge is 2.17. The van der Waals surface area contributed by atoms with Gasteiger partial charge in [0, 0.05) is 50.4 Å². The van der Waals surface area contributed by atoms with Gasteiger partial charge in [-0.3, -0.25) is 19.8 Å². The summed E-state index contributed by atoms with van der Waals surface area (Å²) >= 11 is 0. The first-order valence-electron chi connectivity index (χ1n) is 10.7. The number of benzene rings is 2. The van der Waals surface area contributed by atoms with E-state index in [4.69, 9.17) is 0 Å². The van der Waals surface area contributed by atoms with Crippen molar-refractivity contribution in [3.8, 4) is 0 Å². The van der Waals surface area contributed by atoms with E-state index >= 15 is 0 Å². The number of carbonyl (C=O) groups is 1. The smallest absolute Gasteiger partial charge is 0.269 e. The van der Waals surface area contributed by atoms with E-state index in [1.165, 1.54) is 30.3 Å². The lowest BCUT2D eigenvalue weighted by Crippen LogP contribution is -2.31. The van der Waals surface area contributed by atoms with Crippen molar-refractivity contribution in [1.29, 1.82) is 0 Å². The van der Waals surface area contributed by atoms with Crippen molar-refractivity contribution in [2.75, 3.05) is 36.4 Å². The van der Waals surface area contributed by atoms with Crippen LogP contribution in [0.3, 0.4) is 0 Å². The lowest BCUT2D eigenvalue weighted by atomic mass is 10.2. The quantitative estimate of drug-likeness (QED) is 0.450. The minimum Gasteiger partial charge on any atom is -0.355 e. The van der Waals surface area contributed by atoms with Crippen LogP contribution in [0.2, 0.25) is 0 Å². The second kappa shape index (κ2) is 10.2. The normalized spacial score (nSPS) is 14.5. The Morgan fingerprint density at radius 3 is 2.61 bits per heavy atom. The van der Waals surface area contributed by atoms with Gasteiger partial charge in [-0.05, 0) is 48.4 Å². The van der Waals surface area contributed by atoms with Gasteiger partial charge in [0.1, 0.15) is 11.6 Å². The highest BCUT2D eigenvalue weighted by Crippen LogP contribution is 2.19. The Kier molecular flexibility index (Phi) is 6.89. The maximum atomic E-state index is 13.0. The van der Waals surface area contributed by atoms with Crippen LogP contribution in [0.5, 0.6) is 0 Å². The van der Waals surface area contributed by atoms with Crippen molar-refractivity contribution in [2.24, 2.45) is 0 Å². The molecule has 8 nitrogen and oxygen atoms in total. The standard InChI is InChI=1S/C24H24FN5O3/c25-20-7-5-19(6-8-20)24(31)27-21-9-10-23(26-16-21)29-12-2-11-28(13-14-29)17-18-3-1-4-22(15-18)30(32)33/h1,3-10,15-16H,2,11-14,17H2,(H,27,31). The van der Waals surface area contributed by atoms with Gasteiger partial charge >= 0.3 is 0 Å². The van der Waals surface area contributed by atoms with E-state index in [1.807, 2.05) is 12.1 Å². The third-order valence-corrected chi connectivity index (χ3v) is 5.55. The summed E-state index contributed by atoms with van der Waals surface area (Å²) < 4.78 is 13.0. The lowest BCUT2D eigenvalue weighted by molar-refractivity contribution is -0.384. The molecule has 0 spiro atoms. The average Bonchev–Trinajstić information content (AvgIpc) is 3.06. The predicted molar refractivity (Wildman–Crippen MR) is 124 cm³/mol. The Labute approximate surface area is 190 Å². The number of anilines is 2. The number of hydrogen-bond donors (Lipinski definition) is 1. The van der Waals surface area contributed by atoms with Gasteiger partial charge in [0.15, 0.2) is 0 Å². The van der Waals surface area contributed by atoms with E-state index in [9.17, 15) is 19.3 Å². The molecule has 0 unspecified atom stereocenters. The number of halogens is 1. The number of pyridine rings is 1. The van der Waals surface area contributed by atoms with Gasteiger partial charge in [-0.25, -0.2) is 9.37 Å². The molecule has 1 amide bonds. The van der Waals surface area contributed by atoms with E-state index in [0.717, 1.165) is 44.0 Å². The summed E-state index contributed by atoms with van der Waals surface area (Å²) in [5, 5.41) is 13.8. The van der Waals surface area contributed by atoms with Gasteiger partial charge in [0.25, 0.3) is 11.6 Å². The molecule has 2 aromatic carbocycles. The first kappa shape index (κ1) is 22.3. The van der Waals surface area contributed by atoms with Gasteiger partial charge in [-0.1, -0.05) is 12.1 Å². The SMILES string of the molecule is O=C(Nc1ccc(N2CCCN(Cc3cccc([N+](=O)[O-])c3)CC2)nc1)c1ccc(F)cc1. The summed E-state index contributed by atoms with van der Waals surface area (Å²) in [5.41, 5.74) is 1.98. The van der Waals surface area contributed by atoms with Crippen LogP contribution >= 0.6 is 0 Å². The second-order valence-corrected chi connectivity index (χ2v) is 7.91. The Balaban J connectivity index is 1.33. The molecule has 33 heavy (non-hydrogen) atoms. The number of non-ortho nitro benzene ring substituents is 1. The Hall–Kier alpha value is -3.85. The van der Waals surface area contributed by atoms with Crippen molar-refractivity contribution >= 4 is 23.1 Å². The molecule has 2 heterocycles. The van der Waals surface area contributed by atoms with Crippen LogP contribution in [0.15, 0.2) is 66.9 Å². The fraction of sp³-hybridized carbons (Fsp3) is 0.250. The molecular formula is C24H24FN5O3. The van der Waals surface area contributed by atoms with E-state index in [2.05, 4.69) is 20.1 Å². The summed E-state index contributed by atoms with van der Waals surface area (Å²) in [6, 6.07) is 15.8. The fourth-order valence-electron chi connectivity index (χ4n) is 3.84. The van der Waals surface area contributed by atoms with E-state index in [1.54, 1.807) is 24.4 Å². The molecule has 1 aromatic heterocycles. The van der Waals surface area contributed by atoms with Crippen molar-refractivity contribution in [3.63, 3.8) is 0 Å². The molecule has 0 atom stereocenters. The van der Waals surface area contributed by atoms with Gasteiger partial charge in [-0.15, -0.1) is 0 Å². The fourth-order valence-corrected chi connectivity index (χ4v) is 3.84. The van der Waals surface area contributed by atoms with Gasteiger partial charge in [0.2, 0.25) is 0 Å². The number of amides is 1. The minimum absolute atomic E-state index is 0.111. The molecular weight excluding hydrogens is 425 g/mol. The Morgan fingerprint density at radius 2 is 1.88 bits per heavy atom. The molecule has 1 aliphatic heterocycles. The highest BCUT2D eigenvalue weighted by atomic mass is 19.1. The van der Waals surface area contributed by atoms with Crippen LogP contribution in [0, 0.1) is 15.9 Å². The zero-order valence-electron chi connectivity index (χ0n) is 18.0. The summed E-state index contributed by atoms with van der Waals surface area (Å²) in [5.74, 6) is 0.113. The summed E-state index contributed by atoms with van der Waals surface area (Å²) in [6.45, 7) is 4.00. The lowest BCUT2D eigenvalue weighted by Gasteiger charge is -2.23. The number of nitrogens with one attached hydrogen (secondary N) is 1. The molecule has 3 aromatic rings. The first-order chi connectivity index (χ1) is 16.0. The van der Waals surface area contributed by atoms with Crippen LogP contribution in [0.25, 0.3) is 0 Å². The number of nitro groups is 1. The predicted octanol–water partition coefficient (Wildman–Crippen LogP) is 4.09. The zero-order chi connectivity index (χ0) is 23.2. The largest absolute Gasteiger partial charge is 0.355 e. The van der Waals surface area contributed by atoms with Crippen LogP contribution in [0.4, 0.5) is 21.6 Å². The molecule has 0 saturated carbocycles. The van der Waals surface area contributed by atoms with Crippen molar-refractivity contribution < 1.29 is 14.1 Å². The topological polar surface area (TPSA) is 91.6 Å². The van der Waals surface area contributed by atoms with Crippen LogP contribution in [-0.2, 0) is 6.54 Å². The number of rotatable bonds is 6. The summed E-state index contributed by atoms with van der Waals surface area (Å²) in [4.78, 5) is 31.9. The van der Waals surface area contributed by atoms with Crippen molar-refractivity contribution in [1.82, 2.24) is 9.88 Å². The van der Waals surface area contributed by atoms with Gasteiger partial charge < -0.3 is 10.2 Å². The number of aromatic nitrogens is 1. The average molecular weight is 449 g/mol. The second-order valence-electron chi connectivity index (χ2n) is 7.91. The molecule has 1 saturated heterocycles. The Bertz CT molecular complexity index is 1120. The zero-order valence-corrected chi connectivity index (χ0v) is 18.0. The van der Waals surface area contributed by atoms with Gasteiger partial charge in [-0.2, -0.15) is 0 Å². The Morgan fingerprint density at radius 1 is 1.06 bits per heavy atom. The monoisotopic (exact) mass is 449 g/mol. The van der Waals surface area contributed by atoms with E-state index < -0.39 is 5.82 Å². The third-order valence-electron chi connectivity index (χ3n) is 5.55. The molecule has 1 N–H and O–H groups in total. The molecule has 170 valence electrons. The molecule has 0 radical (unpaired) electrons.